The Bertz CT molecular complexity index is 1140. The van der Waals surface area contributed by atoms with Gasteiger partial charge in [0.05, 0.1) is 33.0 Å². The molecule has 0 unspecified atom stereocenters. The number of hydrogen-bond donors (Lipinski definition) is 0. The third-order valence-corrected chi connectivity index (χ3v) is 6.21. The molecule has 160 valence electrons. The summed E-state index contributed by atoms with van der Waals surface area (Å²) < 4.78 is 11.2. The minimum absolute atomic E-state index is 0.262. The summed E-state index contributed by atoms with van der Waals surface area (Å²) in [4.78, 5) is 9.08. The van der Waals surface area contributed by atoms with Gasteiger partial charge in [-0.2, -0.15) is 4.80 Å². The Morgan fingerprint density at radius 2 is 1.68 bits per heavy atom. The SMILES string of the molecule is COc1cc2c(cc1OC)[C@H]1CN(C)CC[C@H]1N=C2c1ccc(-c2nnn(C)n2)cc1. The Morgan fingerprint density at radius 3 is 2.35 bits per heavy atom. The van der Waals surface area contributed by atoms with Gasteiger partial charge in [0.2, 0.25) is 5.82 Å². The summed E-state index contributed by atoms with van der Waals surface area (Å²) >= 11 is 0. The fourth-order valence-electron chi connectivity index (χ4n) is 4.61. The summed E-state index contributed by atoms with van der Waals surface area (Å²) in [6.45, 7) is 2.04. The Morgan fingerprint density at radius 1 is 0.968 bits per heavy atom. The van der Waals surface area contributed by atoms with Gasteiger partial charge in [0.15, 0.2) is 11.5 Å². The van der Waals surface area contributed by atoms with Gasteiger partial charge in [0, 0.05) is 29.2 Å². The molecule has 0 amide bonds. The molecule has 0 N–H and O–H groups in total. The van der Waals surface area contributed by atoms with Crippen molar-refractivity contribution in [2.24, 2.45) is 12.0 Å². The van der Waals surface area contributed by atoms with E-state index in [1.807, 2.05) is 12.1 Å². The Hall–Kier alpha value is -3.26. The fraction of sp³-hybridized carbons (Fsp3) is 0.391. The van der Waals surface area contributed by atoms with E-state index < -0.39 is 0 Å². The third-order valence-electron chi connectivity index (χ3n) is 6.21. The van der Waals surface area contributed by atoms with Crippen LogP contribution in [0.2, 0.25) is 0 Å². The van der Waals surface area contributed by atoms with E-state index in [0.717, 1.165) is 53.4 Å². The fourth-order valence-corrected chi connectivity index (χ4v) is 4.61. The van der Waals surface area contributed by atoms with Crippen molar-refractivity contribution in [3.63, 3.8) is 0 Å². The van der Waals surface area contributed by atoms with Gasteiger partial charge in [-0.05, 0) is 42.9 Å². The number of ether oxygens (including phenoxy) is 2. The van der Waals surface area contributed by atoms with E-state index in [2.05, 4.69) is 51.6 Å². The van der Waals surface area contributed by atoms with Crippen LogP contribution in [0.15, 0.2) is 41.4 Å². The monoisotopic (exact) mass is 418 g/mol. The molecule has 2 aliphatic heterocycles. The second kappa shape index (κ2) is 7.77. The summed E-state index contributed by atoms with van der Waals surface area (Å²) in [7, 11) is 7.29. The average molecular weight is 419 g/mol. The Kier molecular flexibility index (Phi) is 4.94. The smallest absolute Gasteiger partial charge is 0.204 e. The number of tetrazole rings is 1. The minimum Gasteiger partial charge on any atom is -0.493 e. The van der Waals surface area contributed by atoms with Crippen LogP contribution in [0.1, 0.15) is 29.0 Å². The van der Waals surface area contributed by atoms with E-state index in [9.17, 15) is 0 Å². The van der Waals surface area contributed by atoms with Crippen molar-refractivity contribution in [3.05, 3.63) is 53.1 Å². The van der Waals surface area contributed by atoms with Gasteiger partial charge in [0.25, 0.3) is 0 Å². The van der Waals surface area contributed by atoms with Gasteiger partial charge in [-0.3, -0.25) is 4.99 Å². The molecule has 3 aromatic rings. The molecule has 8 heteroatoms. The lowest BCUT2D eigenvalue weighted by Crippen LogP contribution is -2.41. The van der Waals surface area contributed by atoms with Crippen molar-refractivity contribution in [1.29, 1.82) is 0 Å². The topological polar surface area (TPSA) is 77.7 Å². The number of methoxy groups -OCH3 is 2. The zero-order chi connectivity index (χ0) is 21.5. The lowest BCUT2D eigenvalue weighted by Gasteiger charge is -2.39. The molecule has 0 aliphatic carbocycles. The van der Waals surface area contributed by atoms with Crippen LogP contribution in [-0.2, 0) is 7.05 Å². The van der Waals surface area contributed by atoms with Gasteiger partial charge in [-0.15, -0.1) is 10.2 Å². The van der Waals surface area contributed by atoms with Crippen LogP contribution in [0.25, 0.3) is 11.4 Å². The summed E-state index contributed by atoms with van der Waals surface area (Å²) in [6.07, 6.45) is 1.04. The van der Waals surface area contributed by atoms with E-state index in [0.29, 0.717) is 11.7 Å². The Balaban J connectivity index is 1.60. The van der Waals surface area contributed by atoms with Gasteiger partial charge in [-0.1, -0.05) is 24.3 Å². The molecule has 2 aliphatic rings. The van der Waals surface area contributed by atoms with Crippen LogP contribution in [0.4, 0.5) is 0 Å². The van der Waals surface area contributed by atoms with Crippen molar-refractivity contribution in [3.8, 4) is 22.9 Å². The van der Waals surface area contributed by atoms with Crippen LogP contribution < -0.4 is 9.47 Å². The molecule has 2 atom stereocenters. The van der Waals surface area contributed by atoms with Gasteiger partial charge >= 0.3 is 0 Å². The quantitative estimate of drug-likeness (QED) is 0.648. The number of piperidine rings is 1. The van der Waals surface area contributed by atoms with Crippen molar-refractivity contribution in [1.82, 2.24) is 25.1 Å². The summed E-state index contributed by atoms with van der Waals surface area (Å²) in [5.74, 6) is 2.44. The number of fused-ring (bicyclic) bond motifs is 3. The first-order valence-electron chi connectivity index (χ1n) is 10.4. The maximum absolute atomic E-state index is 5.62. The van der Waals surface area contributed by atoms with E-state index in [-0.39, 0.29) is 6.04 Å². The highest BCUT2D eigenvalue weighted by Crippen LogP contribution is 2.42. The molecule has 0 bridgehead atoms. The second-order valence-electron chi connectivity index (χ2n) is 8.18. The number of aliphatic imine (C=N–C) groups is 1. The second-order valence-corrected chi connectivity index (χ2v) is 8.18. The zero-order valence-electron chi connectivity index (χ0n) is 18.2. The first-order valence-corrected chi connectivity index (χ1v) is 10.4. The number of likely N-dealkylation sites (N-methyl/N-ethyl adjacent to an activating group) is 1. The number of benzene rings is 2. The number of hydrogen-bond acceptors (Lipinski definition) is 7. The van der Waals surface area contributed by atoms with Crippen LogP contribution in [0.3, 0.4) is 0 Å². The van der Waals surface area contributed by atoms with Crippen molar-refractivity contribution >= 4 is 5.71 Å². The predicted molar refractivity (Wildman–Crippen MR) is 118 cm³/mol. The largest absolute Gasteiger partial charge is 0.493 e. The molecule has 1 saturated heterocycles. The predicted octanol–water partition coefficient (Wildman–Crippen LogP) is 2.53. The first kappa shape index (κ1) is 19.7. The molecule has 0 radical (unpaired) electrons. The molecule has 2 aromatic carbocycles. The molecular formula is C23H26N6O2. The third kappa shape index (κ3) is 3.46. The number of likely N-dealkylation sites (tertiary alicyclic amines) is 1. The van der Waals surface area contributed by atoms with E-state index >= 15 is 0 Å². The van der Waals surface area contributed by atoms with Crippen molar-refractivity contribution in [2.75, 3.05) is 34.4 Å². The van der Waals surface area contributed by atoms with Crippen molar-refractivity contribution < 1.29 is 9.47 Å². The molecule has 0 spiro atoms. The molecule has 1 fully saturated rings. The van der Waals surface area contributed by atoms with Gasteiger partial charge in [0.1, 0.15) is 0 Å². The highest BCUT2D eigenvalue weighted by molar-refractivity contribution is 6.15. The highest BCUT2D eigenvalue weighted by atomic mass is 16.5. The Labute approximate surface area is 181 Å². The maximum Gasteiger partial charge on any atom is 0.204 e. The number of aryl methyl sites for hydroxylation is 1. The van der Waals surface area contributed by atoms with Crippen LogP contribution >= 0.6 is 0 Å². The number of nitrogens with zero attached hydrogens (tertiary/aromatic N) is 6. The van der Waals surface area contributed by atoms with Crippen LogP contribution in [-0.4, -0.2) is 71.2 Å². The molecule has 31 heavy (non-hydrogen) atoms. The van der Waals surface area contributed by atoms with E-state index in [4.69, 9.17) is 14.5 Å². The summed E-state index contributed by atoms with van der Waals surface area (Å²) in [6, 6.07) is 12.7. The first-order chi connectivity index (χ1) is 15.1. The van der Waals surface area contributed by atoms with Crippen LogP contribution in [0.5, 0.6) is 11.5 Å². The normalized spacial score (nSPS) is 20.6. The molecule has 5 rings (SSSR count). The number of aromatic nitrogens is 4. The molecule has 8 nitrogen and oxygen atoms in total. The van der Waals surface area contributed by atoms with E-state index in [1.54, 1.807) is 21.3 Å². The zero-order valence-corrected chi connectivity index (χ0v) is 18.2. The van der Waals surface area contributed by atoms with Gasteiger partial charge < -0.3 is 14.4 Å². The van der Waals surface area contributed by atoms with Gasteiger partial charge in [-0.25, -0.2) is 0 Å². The van der Waals surface area contributed by atoms with E-state index in [1.165, 1.54) is 10.4 Å². The molecule has 3 heterocycles. The number of rotatable bonds is 4. The summed E-state index contributed by atoms with van der Waals surface area (Å²) in [5, 5.41) is 12.3. The standard InChI is InChI=1S/C23H26N6O2/c1-28-10-9-19-18(13-28)16-11-20(30-3)21(31-4)12-17(16)22(24-19)14-5-7-15(8-6-14)23-25-27-29(2)26-23/h5-8,11-12,18-19H,9-10,13H2,1-4H3/t18-,19-/m1/s1. The molecule has 0 saturated carbocycles. The summed E-state index contributed by atoms with van der Waals surface area (Å²) in [5.41, 5.74) is 5.38. The average Bonchev–Trinajstić information content (AvgIpc) is 3.24. The lowest BCUT2D eigenvalue weighted by atomic mass is 9.79. The highest BCUT2D eigenvalue weighted by Gasteiger charge is 2.36. The molecule has 1 aromatic heterocycles. The van der Waals surface area contributed by atoms with Crippen molar-refractivity contribution in [2.45, 2.75) is 18.4 Å². The maximum atomic E-state index is 5.62. The minimum atomic E-state index is 0.262. The molecular weight excluding hydrogens is 392 g/mol. The lowest BCUT2D eigenvalue weighted by molar-refractivity contribution is 0.227. The van der Waals surface area contributed by atoms with Crippen LogP contribution in [0, 0.1) is 0 Å².